The van der Waals surface area contributed by atoms with Crippen LogP contribution in [0.5, 0.6) is 5.88 Å². The van der Waals surface area contributed by atoms with Gasteiger partial charge in [-0.1, -0.05) is 11.6 Å². The molecule has 2 heterocycles. The number of oxazole rings is 1. The lowest BCUT2D eigenvalue weighted by Gasteiger charge is -2.05. The standard InChI is InChI=1S/C13H13ClN2O2/c1-17-12-6-8(9(14)7-15-12)13-16-10-4-2-3-5-11(10)18-13/h6-7H,2-5H2,1H3. The van der Waals surface area contributed by atoms with Crippen LogP contribution in [0, 0.1) is 0 Å². The van der Waals surface area contributed by atoms with E-state index in [0.717, 1.165) is 36.3 Å². The Balaban J connectivity index is 2.06. The van der Waals surface area contributed by atoms with Gasteiger partial charge in [-0.2, -0.15) is 0 Å². The number of nitrogens with zero attached hydrogens (tertiary/aromatic N) is 2. The molecule has 0 amide bonds. The van der Waals surface area contributed by atoms with Crippen LogP contribution in [-0.2, 0) is 12.8 Å². The first-order valence-corrected chi connectivity index (χ1v) is 6.34. The van der Waals surface area contributed by atoms with Crippen LogP contribution in [0.4, 0.5) is 0 Å². The summed E-state index contributed by atoms with van der Waals surface area (Å²) < 4.78 is 10.9. The number of hydrogen-bond donors (Lipinski definition) is 0. The van der Waals surface area contributed by atoms with Gasteiger partial charge in [0.25, 0.3) is 0 Å². The van der Waals surface area contributed by atoms with Crippen molar-refractivity contribution < 1.29 is 9.15 Å². The monoisotopic (exact) mass is 264 g/mol. The number of aromatic nitrogens is 2. The molecule has 0 fully saturated rings. The van der Waals surface area contributed by atoms with Gasteiger partial charge in [-0.25, -0.2) is 9.97 Å². The zero-order valence-corrected chi connectivity index (χ0v) is 10.8. The van der Waals surface area contributed by atoms with Gasteiger partial charge in [0.1, 0.15) is 5.76 Å². The van der Waals surface area contributed by atoms with Gasteiger partial charge < -0.3 is 9.15 Å². The average molecular weight is 265 g/mol. The molecule has 0 bridgehead atoms. The summed E-state index contributed by atoms with van der Waals surface area (Å²) in [7, 11) is 1.57. The lowest BCUT2D eigenvalue weighted by molar-refractivity contribution is 0.398. The van der Waals surface area contributed by atoms with Crippen LogP contribution in [0.15, 0.2) is 16.7 Å². The van der Waals surface area contributed by atoms with Crippen molar-refractivity contribution in [2.45, 2.75) is 25.7 Å². The predicted octanol–water partition coefficient (Wildman–Crippen LogP) is 3.28. The number of methoxy groups -OCH3 is 1. The average Bonchev–Trinajstić information content (AvgIpc) is 2.82. The quantitative estimate of drug-likeness (QED) is 0.835. The fraction of sp³-hybridized carbons (Fsp3) is 0.385. The van der Waals surface area contributed by atoms with E-state index in [1.54, 1.807) is 19.4 Å². The number of pyridine rings is 1. The molecule has 1 aliphatic carbocycles. The molecule has 0 saturated carbocycles. The second kappa shape index (κ2) is 4.61. The minimum Gasteiger partial charge on any atom is -0.481 e. The van der Waals surface area contributed by atoms with E-state index in [0.29, 0.717) is 16.8 Å². The maximum atomic E-state index is 6.13. The molecule has 0 atom stereocenters. The number of halogens is 1. The third-order valence-corrected chi connectivity index (χ3v) is 3.42. The molecule has 5 heteroatoms. The van der Waals surface area contributed by atoms with Gasteiger partial charge in [-0.15, -0.1) is 0 Å². The summed E-state index contributed by atoms with van der Waals surface area (Å²) in [6.07, 6.45) is 5.83. The van der Waals surface area contributed by atoms with Gasteiger partial charge in [0.05, 0.1) is 29.6 Å². The van der Waals surface area contributed by atoms with Crippen molar-refractivity contribution in [3.05, 3.63) is 28.7 Å². The van der Waals surface area contributed by atoms with E-state index >= 15 is 0 Å². The Kier molecular flexibility index (Phi) is 2.96. The number of aryl methyl sites for hydroxylation is 2. The van der Waals surface area contributed by atoms with Gasteiger partial charge in [0.2, 0.25) is 11.8 Å². The van der Waals surface area contributed by atoms with Crippen molar-refractivity contribution in [3.63, 3.8) is 0 Å². The van der Waals surface area contributed by atoms with Crippen molar-refractivity contribution in [2.75, 3.05) is 7.11 Å². The summed E-state index contributed by atoms with van der Waals surface area (Å²) in [5, 5.41) is 0.523. The highest BCUT2D eigenvalue weighted by molar-refractivity contribution is 6.33. The van der Waals surface area contributed by atoms with Crippen molar-refractivity contribution in [1.82, 2.24) is 9.97 Å². The lowest BCUT2D eigenvalue weighted by atomic mass is 10.0. The third kappa shape index (κ3) is 1.97. The Morgan fingerprint density at radius 2 is 2.17 bits per heavy atom. The summed E-state index contributed by atoms with van der Waals surface area (Å²) in [5.74, 6) is 2.06. The second-order valence-corrected chi connectivity index (χ2v) is 4.71. The minimum atomic E-state index is 0.505. The smallest absolute Gasteiger partial charge is 0.228 e. The molecule has 0 aromatic carbocycles. The van der Waals surface area contributed by atoms with E-state index in [-0.39, 0.29) is 0 Å². The third-order valence-electron chi connectivity index (χ3n) is 3.12. The van der Waals surface area contributed by atoms with Gasteiger partial charge in [0, 0.05) is 12.5 Å². The van der Waals surface area contributed by atoms with Crippen LogP contribution >= 0.6 is 11.6 Å². The molecule has 0 aliphatic heterocycles. The number of ether oxygens (including phenoxy) is 1. The first-order valence-electron chi connectivity index (χ1n) is 5.96. The molecule has 94 valence electrons. The highest BCUT2D eigenvalue weighted by atomic mass is 35.5. The second-order valence-electron chi connectivity index (χ2n) is 4.30. The van der Waals surface area contributed by atoms with E-state index in [2.05, 4.69) is 9.97 Å². The molecule has 4 nitrogen and oxygen atoms in total. The van der Waals surface area contributed by atoms with Gasteiger partial charge in [0.15, 0.2) is 0 Å². The fourth-order valence-electron chi connectivity index (χ4n) is 2.16. The first kappa shape index (κ1) is 11.5. The summed E-state index contributed by atoms with van der Waals surface area (Å²) in [4.78, 5) is 8.56. The first-order chi connectivity index (χ1) is 8.78. The number of hydrogen-bond acceptors (Lipinski definition) is 4. The molecule has 0 saturated heterocycles. The summed E-state index contributed by atoms with van der Waals surface area (Å²) in [6.45, 7) is 0. The molecule has 2 aromatic heterocycles. The van der Waals surface area contributed by atoms with Crippen LogP contribution in [0.3, 0.4) is 0 Å². The van der Waals surface area contributed by atoms with Crippen LogP contribution < -0.4 is 4.74 Å². The molecule has 0 spiro atoms. The van der Waals surface area contributed by atoms with E-state index in [9.17, 15) is 0 Å². The molecule has 18 heavy (non-hydrogen) atoms. The van der Waals surface area contributed by atoms with Gasteiger partial charge in [-0.3, -0.25) is 0 Å². The summed E-state index contributed by atoms with van der Waals surface area (Å²) >= 11 is 6.13. The normalized spacial score (nSPS) is 14.3. The molecule has 2 aromatic rings. The fourth-order valence-corrected chi connectivity index (χ4v) is 2.35. The maximum Gasteiger partial charge on any atom is 0.228 e. The highest BCUT2D eigenvalue weighted by Crippen LogP contribution is 2.32. The Labute approximate surface area is 110 Å². The van der Waals surface area contributed by atoms with Crippen LogP contribution in [0.2, 0.25) is 5.02 Å². The van der Waals surface area contributed by atoms with E-state index in [4.69, 9.17) is 20.8 Å². The lowest BCUT2D eigenvalue weighted by Crippen LogP contribution is -1.99. The molecule has 0 radical (unpaired) electrons. The zero-order chi connectivity index (χ0) is 12.5. The van der Waals surface area contributed by atoms with Crippen LogP contribution in [0.25, 0.3) is 11.5 Å². The molecule has 0 N–H and O–H groups in total. The molecule has 1 aliphatic rings. The van der Waals surface area contributed by atoms with Crippen LogP contribution in [-0.4, -0.2) is 17.1 Å². The molecular weight excluding hydrogens is 252 g/mol. The van der Waals surface area contributed by atoms with Crippen molar-refractivity contribution in [1.29, 1.82) is 0 Å². The summed E-state index contributed by atoms with van der Waals surface area (Å²) in [6, 6.07) is 1.75. The number of rotatable bonds is 2. The molecule has 3 rings (SSSR count). The molecule has 0 unspecified atom stereocenters. The SMILES string of the molecule is COc1cc(-c2nc3c(o2)CCCC3)c(Cl)cn1. The number of fused-ring (bicyclic) bond motifs is 1. The van der Waals surface area contributed by atoms with Crippen molar-refractivity contribution in [3.8, 4) is 17.3 Å². The zero-order valence-electron chi connectivity index (χ0n) is 10.1. The Bertz CT molecular complexity index is 557. The maximum absolute atomic E-state index is 6.13. The Morgan fingerprint density at radius 1 is 1.33 bits per heavy atom. The Morgan fingerprint density at radius 3 is 2.94 bits per heavy atom. The highest BCUT2D eigenvalue weighted by Gasteiger charge is 2.19. The van der Waals surface area contributed by atoms with Crippen LogP contribution in [0.1, 0.15) is 24.3 Å². The largest absolute Gasteiger partial charge is 0.481 e. The van der Waals surface area contributed by atoms with Gasteiger partial charge >= 0.3 is 0 Å². The topological polar surface area (TPSA) is 48.2 Å². The minimum absolute atomic E-state index is 0.505. The van der Waals surface area contributed by atoms with E-state index in [1.807, 2.05) is 0 Å². The Hall–Kier alpha value is -1.55. The van der Waals surface area contributed by atoms with E-state index in [1.165, 1.54) is 6.42 Å². The van der Waals surface area contributed by atoms with E-state index < -0.39 is 0 Å². The van der Waals surface area contributed by atoms with Crippen molar-refractivity contribution >= 4 is 11.6 Å². The summed E-state index contributed by atoms with van der Waals surface area (Å²) in [5.41, 5.74) is 1.79. The van der Waals surface area contributed by atoms with Gasteiger partial charge in [-0.05, 0) is 19.3 Å². The molecular formula is C13H13ClN2O2. The van der Waals surface area contributed by atoms with Crippen molar-refractivity contribution in [2.24, 2.45) is 0 Å². The predicted molar refractivity (Wildman–Crippen MR) is 67.9 cm³/mol.